The smallest absolute Gasteiger partial charge is 0.235 e. The quantitative estimate of drug-likeness (QED) is 0.177. The highest BCUT2D eigenvalue weighted by molar-refractivity contribution is 7.26. The molecule has 2 aliphatic carbocycles. The second-order valence-electron chi connectivity index (χ2n) is 15.7. The Kier molecular flexibility index (Phi) is 6.15. The van der Waals surface area contributed by atoms with Gasteiger partial charge in [0.15, 0.2) is 0 Å². The largest absolute Gasteiger partial charge is 0.278 e. The number of rotatable bonds is 2. The summed E-state index contributed by atoms with van der Waals surface area (Å²) in [4.78, 5) is 11.2. The summed E-state index contributed by atoms with van der Waals surface area (Å²) in [6.45, 7) is 2.45. The molecule has 0 saturated carbocycles. The van der Waals surface area contributed by atoms with Gasteiger partial charge in [-0.3, -0.25) is 4.57 Å². The van der Waals surface area contributed by atoms with E-state index in [2.05, 4.69) is 169 Å². The summed E-state index contributed by atoms with van der Waals surface area (Å²) < 4.78 is 4.70. The van der Waals surface area contributed by atoms with Crippen molar-refractivity contribution in [3.8, 4) is 39.5 Å². The van der Waals surface area contributed by atoms with E-state index in [0.717, 1.165) is 44.3 Å². The zero-order chi connectivity index (χ0) is 36.6. The van der Waals surface area contributed by atoms with Crippen molar-refractivity contribution in [2.24, 2.45) is 0 Å². The average molecular weight is 732 g/mol. The van der Waals surface area contributed by atoms with E-state index in [1.165, 1.54) is 76.0 Å². The molecule has 11 aromatic rings. The number of benzene rings is 8. The second kappa shape index (κ2) is 11.2. The van der Waals surface area contributed by atoms with Crippen LogP contribution in [0.2, 0.25) is 0 Å². The Morgan fingerprint density at radius 3 is 2.23 bits per heavy atom. The van der Waals surface area contributed by atoms with Crippen LogP contribution in [0.3, 0.4) is 0 Å². The highest BCUT2D eigenvalue weighted by Crippen LogP contribution is 2.57. The van der Waals surface area contributed by atoms with Gasteiger partial charge in [0.2, 0.25) is 5.95 Å². The van der Waals surface area contributed by atoms with Crippen LogP contribution in [0.25, 0.3) is 103 Å². The summed E-state index contributed by atoms with van der Waals surface area (Å²) in [5, 5.41) is 8.78. The number of fused-ring (bicyclic) bond motifs is 16. The topological polar surface area (TPSA) is 30.7 Å². The van der Waals surface area contributed by atoms with Gasteiger partial charge in [-0.2, -0.15) is 0 Å². The molecule has 8 aromatic carbocycles. The fourth-order valence-electron chi connectivity index (χ4n) is 10.4. The van der Waals surface area contributed by atoms with Crippen molar-refractivity contribution in [1.29, 1.82) is 0 Å². The normalized spacial score (nSPS) is 15.9. The van der Waals surface area contributed by atoms with Crippen molar-refractivity contribution in [3.05, 3.63) is 174 Å². The molecule has 0 saturated heterocycles. The molecule has 2 atom stereocenters. The van der Waals surface area contributed by atoms with Gasteiger partial charge in [0.05, 0.1) is 26.9 Å². The molecule has 262 valence electrons. The maximum atomic E-state index is 5.62. The third-order valence-electron chi connectivity index (χ3n) is 12.9. The van der Waals surface area contributed by atoms with Gasteiger partial charge in [0, 0.05) is 26.4 Å². The summed E-state index contributed by atoms with van der Waals surface area (Å²) in [5.41, 5.74) is 15.1. The lowest BCUT2D eigenvalue weighted by molar-refractivity contribution is 0.579. The maximum Gasteiger partial charge on any atom is 0.235 e. The number of thiophene rings is 1. The highest BCUT2D eigenvalue weighted by atomic mass is 32.1. The van der Waals surface area contributed by atoms with Crippen molar-refractivity contribution in [2.75, 3.05) is 0 Å². The van der Waals surface area contributed by atoms with Crippen molar-refractivity contribution >= 4 is 75.0 Å². The van der Waals surface area contributed by atoms with Crippen molar-refractivity contribution in [3.63, 3.8) is 0 Å². The molecular formula is C52H33N3S. The summed E-state index contributed by atoms with van der Waals surface area (Å²) in [6, 6.07) is 58.3. The minimum atomic E-state index is 0.358. The lowest BCUT2D eigenvalue weighted by Gasteiger charge is -2.32. The zero-order valence-electron chi connectivity index (χ0n) is 30.6. The van der Waals surface area contributed by atoms with E-state index >= 15 is 0 Å². The molecule has 2 bridgehead atoms. The summed E-state index contributed by atoms with van der Waals surface area (Å²) in [5.74, 6) is 1.43. The molecule has 0 aliphatic heterocycles. The number of aromatic nitrogens is 3. The van der Waals surface area contributed by atoms with Crippen molar-refractivity contribution in [1.82, 2.24) is 14.5 Å². The Labute approximate surface area is 327 Å². The predicted octanol–water partition coefficient (Wildman–Crippen LogP) is 14.0. The molecule has 4 heteroatoms. The van der Waals surface area contributed by atoms with Gasteiger partial charge in [-0.15, -0.1) is 11.3 Å². The predicted molar refractivity (Wildman–Crippen MR) is 235 cm³/mol. The molecule has 0 spiro atoms. The monoisotopic (exact) mass is 731 g/mol. The SMILES string of the molecule is CC1c2ccccc2-c2cc3c(c4c2CC1c1c-4ccc2ccccc12)c1ccccc1n3-c1nc(-c2ccc3ccccc3c2)c2sc3ccccc3c2n1. The van der Waals surface area contributed by atoms with Gasteiger partial charge in [0.1, 0.15) is 0 Å². The zero-order valence-corrected chi connectivity index (χ0v) is 31.4. The molecule has 3 aromatic heterocycles. The Bertz CT molecular complexity index is 3500. The van der Waals surface area contributed by atoms with E-state index < -0.39 is 0 Å². The van der Waals surface area contributed by atoms with Crippen LogP contribution >= 0.6 is 11.3 Å². The van der Waals surface area contributed by atoms with E-state index in [1.807, 2.05) is 0 Å². The van der Waals surface area contributed by atoms with Crippen LogP contribution in [0.15, 0.2) is 158 Å². The molecule has 0 amide bonds. The Morgan fingerprint density at radius 1 is 0.589 bits per heavy atom. The first kappa shape index (κ1) is 30.7. The van der Waals surface area contributed by atoms with Crippen LogP contribution in [0.1, 0.15) is 35.4 Å². The highest BCUT2D eigenvalue weighted by Gasteiger charge is 2.38. The van der Waals surface area contributed by atoms with E-state index in [1.54, 1.807) is 11.3 Å². The van der Waals surface area contributed by atoms with Gasteiger partial charge in [-0.1, -0.05) is 140 Å². The van der Waals surface area contributed by atoms with Crippen LogP contribution in [-0.2, 0) is 6.42 Å². The minimum absolute atomic E-state index is 0.358. The number of hydrogen-bond acceptors (Lipinski definition) is 3. The minimum Gasteiger partial charge on any atom is -0.278 e. The van der Waals surface area contributed by atoms with Gasteiger partial charge in [0.25, 0.3) is 0 Å². The van der Waals surface area contributed by atoms with Gasteiger partial charge in [-0.05, 0) is 103 Å². The second-order valence-corrected chi connectivity index (χ2v) is 16.7. The summed E-state index contributed by atoms with van der Waals surface area (Å²) in [7, 11) is 0. The molecule has 0 radical (unpaired) electrons. The summed E-state index contributed by atoms with van der Waals surface area (Å²) >= 11 is 1.79. The van der Waals surface area contributed by atoms with Crippen molar-refractivity contribution in [2.45, 2.75) is 25.2 Å². The Balaban J connectivity index is 1.20. The first-order chi connectivity index (χ1) is 27.7. The fourth-order valence-corrected chi connectivity index (χ4v) is 11.5. The van der Waals surface area contributed by atoms with E-state index in [9.17, 15) is 0 Å². The molecule has 56 heavy (non-hydrogen) atoms. The van der Waals surface area contributed by atoms with Crippen molar-refractivity contribution < 1.29 is 0 Å². The molecular weight excluding hydrogens is 699 g/mol. The molecule has 0 fully saturated rings. The average Bonchev–Trinajstić information content (AvgIpc) is 3.77. The van der Waals surface area contributed by atoms with E-state index in [0.29, 0.717) is 17.8 Å². The summed E-state index contributed by atoms with van der Waals surface area (Å²) in [6.07, 6.45) is 1.01. The molecule has 2 unspecified atom stereocenters. The van der Waals surface area contributed by atoms with E-state index in [4.69, 9.17) is 9.97 Å². The number of para-hydroxylation sites is 1. The van der Waals surface area contributed by atoms with Crippen LogP contribution < -0.4 is 0 Å². The molecule has 3 heterocycles. The Morgan fingerprint density at radius 2 is 1.32 bits per heavy atom. The van der Waals surface area contributed by atoms with Gasteiger partial charge >= 0.3 is 0 Å². The number of hydrogen-bond donors (Lipinski definition) is 0. The standard InChI is InChI=1S/C52H33N3S/c1-29-34-15-6-7-17-36(34)41-28-44-48(47-39-25-24-31-13-4-5-16-35(31)46(39)40(29)27-42(41)47)37-18-8-10-20-43(37)55(44)52-53-49(33-23-22-30-12-2-3-14-32(30)26-33)51-50(54-52)38-19-9-11-21-45(38)56-51/h2-26,28-29,40H,27H2,1H3. The third-order valence-corrected chi connectivity index (χ3v) is 14.0. The van der Waals surface area contributed by atoms with Crippen LogP contribution in [0.5, 0.6) is 0 Å². The van der Waals surface area contributed by atoms with Crippen LogP contribution in [-0.4, -0.2) is 14.5 Å². The molecule has 3 nitrogen and oxygen atoms in total. The third kappa shape index (κ3) is 4.06. The molecule has 2 aliphatic rings. The van der Waals surface area contributed by atoms with Gasteiger partial charge < -0.3 is 0 Å². The maximum absolute atomic E-state index is 5.62. The number of nitrogens with zero attached hydrogens (tertiary/aromatic N) is 3. The lowest BCUT2D eigenvalue weighted by atomic mass is 9.71. The first-order valence-corrected chi connectivity index (χ1v) is 20.4. The molecule has 13 rings (SSSR count). The first-order valence-electron chi connectivity index (χ1n) is 19.6. The fraction of sp³-hybridized carbons (Fsp3) is 0.0769. The lowest BCUT2D eigenvalue weighted by Crippen LogP contribution is -2.16. The van der Waals surface area contributed by atoms with Crippen LogP contribution in [0, 0.1) is 0 Å². The van der Waals surface area contributed by atoms with Crippen LogP contribution in [0.4, 0.5) is 0 Å². The van der Waals surface area contributed by atoms with E-state index in [-0.39, 0.29) is 0 Å². The van der Waals surface area contributed by atoms with Gasteiger partial charge in [-0.25, -0.2) is 9.97 Å². The Hall–Kier alpha value is -6.62. The molecule has 0 N–H and O–H groups in total.